The second kappa shape index (κ2) is 4.17. The zero-order chi connectivity index (χ0) is 11.7. The number of hydrogen-bond donors (Lipinski definition) is 0. The summed E-state index contributed by atoms with van der Waals surface area (Å²) in [5.74, 6) is 0.323. The van der Waals surface area contributed by atoms with Gasteiger partial charge in [-0.3, -0.25) is 4.79 Å². The van der Waals surface area contributed by atoms with Crippen LogP contribution in [0.25, 0.3) is 0 Å². The fraction of sp³-hybridized carbons (Fsp3) is 0.188. The van der Waals surface area contributed by atoms with Crippen molar-refractivity contribution in [1.82, 2.24) is 0 Å². The van der Waals surface area contributed by atoms with E-state index in [4.69, 9.17) is 0 Å². The van der Waals surface area contributed by atoms with Crippen LogP contribution in [0.5, 0.6) is 0 Å². The van der Waals surface area contributed by atoms with Crippen LogP contribution in [0.4, 0.5) is 0 Å². The lowest BCUT2D eigenvalue weighted by atomic mass is 9.79. The molecule has 0 spiro atoms. The van der Waals surface area contributed by atoms with E-state index >= 15 is 0 Å². The van der Waals surface area contributed by atoms with E-state index in [-0.39, 0.29) is 11.7 Å². The number of carbonyl (C=O) groups is 1. The molecule has 0 bridgehead atoms. The van der Waals surface area contributed by atoms with Crippen molar-refractivity contribution < 1.29 is 4.79 Å². The zero-order valence-corrected chi connectivity index (χ0v) is 9.60. The highest BCUT2D eigenvalue weighted by atomic mass is 16.1. The fourth-order valence-electron chi connectivity index (χ4n) is 2.60. The molecule has 2 aromatic carbocycles. The van der Waals surface area contributed by atoms with Crippen molar-refractivity contribution in [2.45, 2.75) is 18.8 Å². The van der Waals surface area contributed by atoms with E-state index < -0.39 is 0 Å². The first-order valence-corrected chi connectivity index (χ1v) is 6.03. The van der Waals surface area contributed by atoms with Gasteiger partial charge in [-0.05, 0) is 24.0 Å². The summed E-state index contributed by atoms with van der Waals surface area (Å²) in [6.07, 6.45) is 1.93. The van der Waals surface area contributed by atoms with Crippen molar-refractivity contribution in [3.05, 3.63) is 71.3 Å². The number of ketones is 1. The number of benzene rings is 2. The second-order valence-electron chi connectivity index (χ2n) is 4.52. The molecular formula is C16H14O. The van der Waals surface area contributed by atoms with Gasteiger partial charge in [-0.1, -0.05) is 54.6 Å². The highest BCUT2D eigenvalue weighted by Gasteiger charge is 2.27. The molecule has 1 unspecified atom stereocenters. The van der Waals surface area contributed by atoms with Gasteiger partial charge in [0.2, 0.25) is 0 Å². The van der Waals surface area contributed by atoms with E-state index in [1.165, 1.54) is 5.56 Å². The normalized spacial score (nSPS) is 18.8. The van der Waals surface area contributed by atoms with Crippen LogP contribution in [0.3, 0.4) is 0 Å². The van der Waals surface area contributed by atoms with Crippen LogP contribution in [-0.2, 0) is 6.42 Å². The van der Waals surface area contributed by atoms with E-state index in [2.05, 4.69) is 18.2 Å². The summed E-state index contributed by atoms with van der Waals surface area (Å²) in [6, 6.07) is 18.1. The van der Waals surface area contributed by atoms with Crippen LogP contribution in [0, 0.1) is 0 Å². The van der Waals surface area contributed by atoms with Crippen molar-refractivity contribution in [2.24, 2.45) is 0 Å². The molecule has 1 nitrogen and oxygen atoms in total. The van der Waals surface area contributed by atoms with Crippen molar-refractivity contribution in [3.63, 3.8) is 0 Å². The quantitative estimate of drug-likeness (QED) is 0.720. The lowest BCUT2D eigenvalue weighted by Gasteiger charge is -2.23. The van der Waals surface area contributed by atoms with Crippen molar-refractivity contribution in [3.8, 4) is 0 Å². The third kappa shape index (κ3) is 1.78. The maximum absolute atomic E-state index is 12.4. The van der Waals surface area contributed by atoms with Gasteiger partial charge in [-0.2, -0.15) is 0 Å². The highest BCUT2D eigenvalue weighted by molar-refractivity contribution is 6.03. The number of fused-ring (bicyclic) bond motifs is 1. The first-order valence-electron chi connectivity index (χ1n) is 6.03. The third-order valence-electron chi connectivity index (χ3n) is 3.50. The summed E-state index contributed by atoms with van der Waals surface area (Å²) in [6.45, 7) is 0. The van der Waals surface area contributed by atoms with Gasteiger partial charge in [0.15, 0.2) is 5.78 Å². The molecule has 1 heteroatoms. The third-order valence-corrected chi connectivity index (χ3v) is 3.50. The Morgan fingerprint density at radius 1 is 0.882 bits per heavy atom. The molecular weight excluding hydrogens is 208 g/mol. The Kier molecular flexibility index (Phi) is 2.52. The first kappa shape index (κ1) is 10.3. The summed E-state index contributed by atoms with van der Waals surface area (Å²) in [5.41, 5.74) is 3.25. The lowest BCUT2D eigenvalue weighted by molar-refractivity contribution is 0.0946. The number of aryl methyl sites for hydroxylation is 1. The van der Waals surface area contributed by atoms with Crippen LogP contribution >= 0.6 is 0 Å². The first-order chi connectivity index (χ1) is 8.36. The molecule has 17 heavy (non-hydrogen) atoms. The standard InChI is InChI=1S/C16H14O/c17-16-14-9-5-4-8-13(14)10-11-15(16)12-6-2-1-3-7-12/h1-9,15H,10-11H2. The molecule has 0 amide bonds. The van der Waals surface area contributed by atoms with Gasteiger partial charge in [-0.15, -0.1) is 0 Å². The van der Waals surface area contributed by atoms with Gasteiger partial charge in [0, 0.05) is 11.5 Å². The van der Waals surface area contributed by atoms with Crippen molar-refractivity contribution in [1.29, 1.82) is 0 Å². The molecule has 1 aliphatic rings. The van der Waals surface area contributed by atoms with Gasteiger partial charge in [0.25, 0.3) is 0 Å². The van der Waals surface area contributed by atoms with Gasteiger partial charge in [-0.25, -0.2) is 0 Å². The molecule has 1 atom stereocenters. The summed E-state index contributed by atoms with van der Waals surface area (Å²) < 4.78 is 0. The van der Waals surface area contributed by atoms with Crippen LogP contribution in [0.1, 0.15) is 33.8 Å². The summed E-state index contributed by atoms with van der Waals surface area (Å²) in [5, 5.41) is 0. The van der Waals surface area contributed by atoms with Crippen molar-refractivity contribution >= 4 is 5.78 Å². The van der Waals surface area contributed by atoms with Crippen LogP contribution in [0.15, 0.2) is 54.6 Å². The minimum absolute atomic E-state index is 0.0473. The van der Waals surface area contributed by atoms with E-state index in [0.29, 0.717) is 0 Å². The molecule has 0 heterocycles. The molecule has 2 aromatic rings. The molecule has 3 rings (SSSR count). The van der Waals surface area contributed by atoms with E-state index in [0.717, 1.165) is 24.0 Å². The number of Topliss-reactive ketones (excluding diaryl/α,β-unsaturated/α-hetero) is 1. The Bertz CT molecular complexity index is 542. The monoisotopic (exact) mass is 222 g/mol. The number of carbonyl (C=O) groups excluding carboxylic acids is 1. The predicted molar refractivity (Wildman–Crippen MR) is 68.3 cm³/mol. The molecule has 0 N–H and O–H groups in total. The minimum Gasteiger partial charge on any atom is -0.293 e. The SMILES string of the molecule is O=C1c2ccccc2CCC1c1ccccc1. The number of hydrogen-bond acceptors (Lipinski definition) is 1. The van der Waals surface area contributed by atoms with Gasteiger partial charge < -0.3 is 0 Å². The molecule has 0 saturated carbocycles. The number of rotatable bonds is 1. The minimum atomic E-state index is 0.0473. The largest absolute Gasteiger partial charge is 0.293 e. The van der Waals surface area contributed by atoms with Crippen LogP contribution in [0.2, 0.25) is 0 Å². The summed E-state index contributed by atoms with van der Waals surface area (Å²) >= 11 is 0. The van der Waals surface area contributed by atoms with Crippen molar-refractivity contribution in [2.75, 3.05) is 0 Å². The smallest absolute Gasteiger partial charge is 0.170 e. The average Bonchev–Trinajstić information content (AvgIpc) is 2.40. The van der Waals surface area contributed by atoms with Gasteiger partial charge >= 0.3 is 0 Å². The Balaban J connectivity index is 2.00. The van der Waals surface area contributed by atoms with Gasteiger partial charge in [0.05, 0.1) is 0 Å². The molecule has 0 aromatic heterocycles. The maximum Gasteiger partial charge on any atom is 0.170 e. The van der Waals surface area contributed by atoms with E-state index in [1.807, 2.05) is 36.4 Å². The molecule has 0 radical (unpaired) electrons. The average molecular weight is 222 g/mol. The zero-order valence-electron chi connectivity index (χ0n) is 9.60. The Labute approximate surface area is 101 Å². The van der Waals surface area contributed by atoms with E-state index in [9.17, 15) is 4.79 Å². The Morgan fingerprint density at radius 2 is 1.59 bits per heavy atom. The second-order valence-corrected chi connectivity index (χ2v) is 4.52. The van der Waals surface area contributed by atoms with E-state index in [1.54, 1.807) is 0 Å². The van der Waals surface area contributed by atoms with Gasteiger partial charge in [0.1, 0.15) is 0 Å². The topological polar surface area (TPSA) is 17.1 Å². The predicted octanol–water partition coefficient (Wildman–Crippen LogP) is 3.60. The molecule has 0 fully saturated rings. The Morgan fingerprint density at radius 3 is 2.41 bits per heavy atom. The summed E-state index contributed by atoms with van der Waals surface area (Å²) in [7, 11) is 0. The van der Waals surface area contributed by atoms with Crippen LogP contribution < -0.4 is 0 Å². The lowest BCUT2D eigenvalue weighted by Crippen LogP contribution is -2.20. The molecule has 1 aliphatic carbocycles. The molecule has 84 valence electrons. The fourth-order valence-corrected chi connectivity index (χ4v) is 2.60. The highest BCUT2D eigenvalue weighted by Crippen LogP contribution is 2.32. The molecule has 0 aliphatic heterocycles. The maximum atomic E-state index is 12.4. The summed E-state index contributed by atoms with van der Waals surface area (Å²) in [4.78, 5) is 12.4. The Hall–Kier alpha value is -1.89. The molecule has 0 saturated heterocycles. The van der Waals surface area contributed by atoms with Crippen LogP contribution in [-0.4, -0.2) is 5.78 Å².